The quantitative estimate of drug-likeness (QED) is 0.688. The van der Waals surface area contributed by atoms with Gasteiger partial charge in [0.2, 0.25) is 6.79 Å². The molecule has 0 radical (unpaired) electrons. The fraction of sp³-hybridized carbons (Fsp3) is 0.0588. The number of pyridine rings is 1. The molecule has 2 heterocycles. The number of carbonyl (C=O) groups is 1. The number of carboxylic acids is 1. The van der Waals surface area contributed by atoms with Gasteiger partial charge in [0, 0.05) is 28.4 Å². The molecular formula is C17H10Cl2N2O4. The molecule has 0 saturated heterocycles. The monoisotopic (exact) mass is 376 g/mol. The summed E-state index contributed by atoms with van der Waals surface area (Å²) in [5, 5.41) is 13.8. The zero-order chi connectivity index (χ0) is 17.6. The molecular weight excluding hydrogens is 367 g/mol. The maximum absolute atomic E-state index is 11.6. The highest BCUT2D eigenvalue weighted by Gasteiger charge is 2.19. The summed E-state index contributed by atoms with van der Waals surface area (Å²) in [6, 6.07) is 8.40. The first-order valence-electron chi connectivity index (χ1n) is 7.20. The molecule has 0 aliphatic carbocycles. The summed E-state index contributed by atoms with van der Waals surface area (Å²) in [6.07, 6.45) is 1.27. The van der Waals surface area contributed by atoms with Crippen molar-refractivity contribution in [2.75, 3.05) is 12.1 Å². The van der Waals surface area contributed by atoms with E-state index in [4.69, 9.17) is 32.7 Å². The van der Waals surface area contributed by atoms with Crippen molar-refractivity contribution in [3.63, 3.8) is 0 Å². The number of aromatic carboxylic acids is 1. The minimum atomic E-state index is -1.12. The molecule has 1 aliphatic rings. The van der Waals surface area contributed by atoms with Crippen LogP contribution in [0.3, 0.4) is 0 Å². The van der Waals surface area contributed by atoms with Gasteiger partial charge in [-0.3, -0.25) is 4.98 Å². The van der Waals surface area contributed by atoms with E-state index in [-0.39, 0.29) is 12.4 Å². The first-order valence-corrected chi connectivity index (χ1v) is 7.96. The van der Waals surface area contributed by atoms with Gasteiger partial charge in [-0.15, -0.1) is 0 Å². The van der Waals surface area contributed by atoms with Gasteiger partial charge in [0.25, 0.3) is 0 Å². The molecule has 3 aromatic rings. The minimum absolute atomic E-state index is 0.00520. The lowest BCUT2D eigenvalue weighted by molar-refractivity contribution is 0.0697. The van der Waals surface area contributed by atoms with Crippen LogP contribution in [0.5, 0.6) is 11.5 Å². The number of nitrogens with one attached hydrogen (secondary N) is 1. The van der Waals surface area contributed by atoms with Gasteiger partial charge in [0.15, 0.2) is 11.5 Å². The Morgan fingerprint density at radius 3 is 2.76 bits per heavy atom. The standard InChI is InChI=1S/C17H10Cl2N2O4/c18-8-3-11(19)15-12(4-8)20-6-10(17(22)23)16(15)21-9-1-2-13-14(5-9)25-7-24-13/h1-6H,7H2,(H,20,21)(H,22,23). The van der Waals surface area contributed by atoms with Crippen LogP contribution in [0.1, 0.15) is 10.4 Å². The first-order chi connectivity index (χ1) is 12.0. The zero-order valence-electron chi connectivity index (χ0n) is 12.5. The van der Waals surface area contributed by atoms with Gasteiger partial charge >= 0.3 is 5.97 Å². The Labute approximate surface area is 151 Å². The van der Waals surface area contributed by atoms with Crippen molar-refractivity contribution in [1.29, 1.82) is 0 Å². The van der Waals surface area contributed by atoms with Crippen LogP contribution in [0.25, 0.3) is 10.9 Å². The average Bonchev–Trinajstić information content (AvgIpc) is 3.01. The highest BCUT2D eigenvalue weighted by Crippen LogP contribution is 2.39. The Kier molecular flexibility index (Phi) is 3.78. The highest BCUT2D eigenvalue weighted by molar-refractivity contribution is 6.39. The lowest BCUT2D eigenvalue weighted by atomic mass is 10.1. The molecule has 8 heteroatoms. The van der Waals surface area contributed by atoms with Gasteiger partial charge in [-0.25, -0.2) is 4.79 Å². The molecule has 1 aliphatic heterocycles. The number of nitrogens with zero attached hydrogens (tertiary/aromatic N) is 1. The van der Waals surface area contributed by atoms with Gasteiger partial charge in [-0.1, -0.05) is 23.2 Å². The summed E-state index contributed by atoms with van der Waals surface area (Å²) in [5.74, 6) is 0.0893. The molecule has 1 aromatic heterocycles. The van der Waals surface area contributed by atoms with Crippen LogP contribution in [-0.2, 0) is 0 Å². The molecule has 126 valence electrons. The molecule has 2 aromatic carbocycles. The number of benzene rings is 2. The van der Waals surface area contributed by atoms with E-state index in [1.165, 1.54) is 6.20 Å². The Morgan fingerprint density at radius 1 is 1.16 bits per heavy atom. The predicted octanol–water partition coefficient (Wildman–Crippen LogP) is 4.71. The van der Waals surface area contributed by atoms with E-state index in [2.05, 4.69) is 10.3 Å². The number of ether oxygens (including phenoxy) is 2. The van der Waals surface area contributed by atoms with Crippen molar-refractivity contribution in [2.24, 2.45) is 0 Å². The van der Waals surface area contributed by atoms with E-state index in [1.807, 2.05) is 0 Å². The second kappa shape index (κ2) is 5.98. The van der Waals surface area contributed by atoms with E-state index in [1.54, 1.807) is 30.3 Å². The summed E-state index contributed by atoms with van der Waals surface area (Å²) >= 11 is 12.3. The van der Waals surface area contributed by atoms with Crippen LogP contribution in [-0.4, -0.2) is 22.9 Å². The summed E-state index contributed by atoms with van der Waals surface area (Å²) in [4.78, 5) is 15.8. The average molecular weight is 377 g/mol. The number of carboxylic acid groups (broad SMARTS) is 1. The topological polar surface area (TPSA) is 80.7 Å². The molecule has 0 spiro atoms. The number of anilines is 2. The summed E-state index contributed by atoms with van der Waals surface area (Å²) in [5.41, 5.74) is 1.45. The summed E-state index contributed by atoms with van der Waals surface area (Å²) in [6.45, 7) is 0.154. The number of hydrogen-bond acceptors (Lipinski definition) is 5. The van der Waals surface area contributed by atoms with Gasteiger partial charge in [0.05, 0.1) is 16.2 Å². The van der Waals surface area contributed by atoms with E-state index in [0.717, 1.165) is 0 Å². The Hall–Kier alpha value is -2.70. The summed E-state index contributed by atoms with van der Waals surface area (Å²) < 4.78 is 10.6. The van der Waals surface area contributed by atoms with Crippen molar-refractivity contribution >= 4 is 51.4 Å². The molecule has 0 amide bonds. The van der Waals surface area contributed by atoms with Crippen molar-refractivity contribution in [3.8, 4) is 11.5 Å². The van der Waals surface area contributed by atoms with Gasteiger partial charge in [-0.2, -0.15) is 0 Å². The molecule has 0 atom stereocenters. The zero-order valence-corrected chi connectivity index (χ0v) is 14.1. The van der Waals surface area contributed by atoms with Crippen molar-refractivity contribution < 1.29 is 19.4 Å². The fourth-order valence-electron chi connectivity index (χ4n) is 2.65. The Balaban J connectivity index is 1.89. The van der Waals surface area contributed by atoms with Crippen molar-refractivity contribution in [2.45, 2.75) is 0 Å². The SMILES string of the molecule is O=C(O)c1cnc2cc(Cl)cc(Cl)c2c1Nc1ccc2c(c1)OCO2. The van der Waals surface area contributed by atoms with Crippen LogP contribution >= 0.6 is 23.2 Å². The van der Waals surface area contributed by atoms with Crippen LogP contribution in [0.15, 0.2) is 36.5 Å². The van der Waals surface area contributed by atoms with Crippen LogP contribution in [0.4, 0.5) is 11.4 Å². The van der Waals surface area contributed by atoms with E-state index in [0.29, 0.717) is 43.8 Å². The normalized spacial score (nSPS) is 12.4. The maximum atomic E-state index is 11.6. The molecule has 6 nitrogen and oxygen atoms in total. The first kappa shape index (κ1) is 15.8. The molecule has 0 bridgehead atoms. The number of aromatic nitrogens is 1. The van der Waals surface area contributed by atoms with Crippen LogP contribution in [0, 0.1) is 0 Å². The molecule has 0 fully saturated rings. The second-order valence-corrected chi connectivity index (χ2v) is 6.17. The number of fused-ring (bicyclic) bond motifs is 2. The highest BCUT2D eigenvalue weighted by atomic mass is 35.5. The van der Waals surface area contributed by atoms with Gasteiger partial charge in [0.1, 0.15) is 5.56 Å². The molecule has 2 N–H and O–H groups in total. The smallest absolute Gasteiger partial charge is 0.339 e. The van der Waals surface area contributed by atoms with E-state index >= 15 is 0 Å². The number of halogens is 2. The largest absolute Gasteiger partial charge is 0.478 e. The lowest BCUT2D eigenvalue weighted by Gasteiger charge is -2.14. The number of rotatable bonds is 3. The minimum Gasteiger partial charge on any atom is -0.478 e. The summed E-state index contributed by atoms with van der Waals surface area (Å²) in [7, 11) is 0. The maximum Gasteiger partial charge on any atom is 0.339 e. The molecule has 0 saturated carbocycles. The van der Waals surface area contributed by atoms with Gasteiger partial charge in [-0.05, 0) is 24.3 Å². The predicted molar refractivity (Wildman–Crippen MR) is 94.6 cm³/mol. The number of hydrogen-bond donors (Lipinski definition) is 2. The van der Waals surface area contributed by atoms with Crippen molar-refractivity contribution in [3.05, 3.63) is 52.1 Å². The van der Waals surface area contributed by atoms with E-state index in [9.17, 15) is 9.90 Å². The van der Waals surface area contributed by atoms with Gasteiger partial charge < -0.3 is 19.9 Å². The lowest BCUT2D eigenvalue weighted by Crippen LogP contribution is -2.05. The Bertz CT molecular complexity index is 1020. The third-order valence-electron chi connectivity index (χ3n) is 3.76. The third-order valence-corrected chi connectivity index (χ3v) is 4.27. The van der Waals surface area contributed by atoms with E-state index < -0.39 is 5.97 Å². The molecule has 4 rings (SSSR count). The van der Waals surface area contributed by atoms with Crippen LogP contribution < -0.4 is 14.8 Å². The fourth-order valence-corrected chi connectivity index (χ4v) is 3.23. The molecule has 25 heavy (non-hydrogen) atoms. The molecule has 0 unspecified atom stereocenters. The van der Waals surface area contributed by atoms with Crippen molar-refractivity contribution in [1.82, 2.24) is 4.98 Å². The van der Waals surface area contributed by atoms with Crippen LogP contribution in [0.2, 0.25) is 10.0 Å². The third kappa shape index (κ3) is 2.79. The Morgan fingerprint density at radius 2 is 1.96 bits per heavy atom. The second-order valence-electron chi connectivity index (χ2n) is 5.33.